The minimum Gasteiger partial charge on any atom is -0.355 e. The van der Waals surface area contributed by atoms with Gasteiger partial charge in [-0.2, -0.15) is 23.4 Å². The maximum Gasteiger partial charge on any atom is 0.433 e. The summed E-state index contributed by atoms with van der Waals surface area (Å²) >= 11 is 0. The van der Waals surface area contributed by atoms with Crippen LogP contribution in [0.3, 0.4) is 0 Å². The van der Waals surface area contributed by atoms with Crippen molar-refractivity contribution in [1.82, 2.24) is 39.6 Å². The van der Waals surface area contributed by atoms with E-state index < -0.39 is 41.2 Å². The Morgan fingerprint density at radius 1 is 1.04 bits per heavy atom. The van der Waals surface area contributed by atoms with Gasteiger partial charge in [-0.15, -0.1) is 0 Å². The van der Waals surface area contributed by atoms with Crippen molar-refractivity contribution in [2.24, 2.45) is 11.3 Å². The summed E-state index contributed by atoms with van der Waals surface area (Å²) < 4.78 is 43.9. The number of nitrogens with zero attached hydrogens (tertiary/aromatic N) is 7. The Hall–Kier alpha value is -5.67. The molecule has 6 heterocycles. The molecule has 1 saturated carbocycles. The van der Waals surface area contributed by atoms with Crippen LogP contribution in [0.25, 0.3) is 27.7 Å². The van der Waals surface area contributed by atoms with Gasteiger partial charge in [0.25, 0.3) is 0 Å². The minimum atomic E-state index is -4.72. The van der Waals surface area contributed by atoms with Crippen LogP contribution in [0.1, 0.15) is 79.7 Å². The van der Waals surface area contributed by atoms with Crippen LogP contribution in [0.2, 0.25) is 0 Å². The van der Waals surface area contributed by atoms with Gasteiger partial charge in [0.2, 0.25) is 17.7 Å². The number of fused-ring (bicyclic) bond motifs is 1. The first-order valence-electron chi connectivity index (χ1n) is 18.5. The average molecular weight is 756 g/mol. The van der Waals surface area contributed by atoms with Gasteiger partial charge in [-0.1, -0.05) is 25.8 Å². The molecular formula is C39H40F3N9O4. The third-order valence-corrected chi connectivity index (χ3v) is 11.6. The number of piperidine rings is 1. The third-order valence-electron chi connectivity index (χ3n) is 11.6. The lowest BCUT2D eigenvalue weighted by Gasteiger charge is -2.28. The lowest BCUT2D eigenvalue weighted by molar-refractivity contribution is -0.141. The van der Waals surface area contributed by atoms with Crippen molar-refractivity contribution >= 4 is 45.9 Å². The highest BCUT2D eigenvalue weighted by Crippen LogP contribution is 2.64. The Labute approximate surface area is 313 Å². The van der Waals surface area contributed by atoms with E-state index in [1.54, 1.807) is 27.7 Å². The van der Waals surface area contributed by atoms with Crippen LogP contribution in [0.15, 0.2) is 48.9 Å². The molecule has 0 spiro atoms. The SMILES string of the molecule is CC(=O)c1nn2c3c(cc(-c4cnc5ccnn5c4)cc13)CCCCCCC(=O)NC[C@@]13C[C@@H](C(=O)Nc4nc(C(F)(F)F)ccc4C)N(C(=O)C2)[C@@H]1[C@@H]3C. The Kier molecular flexibility index (Phi) is 8.96. The summed E-state index contributed by atoms with van der Waals surface area (Å²) in [5.74, 6) is -1.83. The molecule has 3 aliphatic rings. The molecule has 1 saturated heterocycles. The van der Waals surface area contributed by atoms with Gasteiger partial charge < -0.3 is 15.5 Å². The van der Waals surface area contributed by atoms with Crippen LogP contribution < -0.4 is 10.6 Å². The number of hydrogen-bond donors (Lipinski definition) is 2. The number of halogens is 3. The molecule has 8 rings (SSSR count). The average Bonchev–Trinajstić information content (AvgIpc) is 3.60. The zero-order chi connectivity index (χ0) is 38.8. The van der Waals surface area contributed by atoms with Gasteiger partial charge in [-0.3, -0.25) is 23.9 Å². The monoisotopic (exact) mass is 755 g/mol. The number of anilines is 1. The largest absolute Gasteiger partial charge is 0.433 e. The minimum absolute atomic E-state index is 0.0749. The van der Waals surface area contributed by atoms with Crippen LogP contribution in [0.5, 0.6) is 0 Å². The molecule has 286 valence electrons. The second-order valence-electron chi connectivity index (χ2n) is 15.1. The van der Waals surface area contributed by atoms with Crippen molar-refractivity contribution in [2.45, 2.75) is 90.5 Å². The molecule has 1 aliphatic carbocycles. The molecule has 2 aliphatic heterocycles. The Balaban J connectivity index is 1.20. The number of Topliss-reactive ketones (excluding diaryl/α,β-unsaturated/α-hetero) is 1. The number of alkyl halides is 3. The number of aromatic nitrogens is 6. The first-order chi connectivity index (χ1) is 26.2. The molecule has 0 unspecified atom stereocenters. The van der Waals surface area contributed by atoms with E-state index in [0.29, 0.717) is 41.4 Å². The summed E-state index contributed by atoms with van der Waals surface area (Å²) in [5.41, 5.74) is 2.53. The fourth-order valence-corrected chi connectivity index (χ4v) is 8.66. The summed E-state index contributed by atoms with van der Waals surface area (Å²) in [6.45, 7) is 4.88. The van der Waals surface area contributed by atoms with E-state index in [1.807, 2.05) is 25.3 Å². The number of carbonyl (C=O) groups is 4. The van der Waals surface area contributed by atoms with Crippen molar-refractivity contribution < 1.29 is 32.3 Å². The van der Waals surface area contributed by atoms with E-state index in [9.17, 15) is 32.3 Å². The molecule has 5 aromatic rings. The normalized spacial score (nSPS) is 23.4. The fraction of sp³-hybridized carbons (Fsp3) is 0.436. The van der Waals surface area contributed by atoms with Gasteiger partial charge >= 0.3 is 6.18 Å². The summed E-state index contributed by atoms with van der Waals surface area (Å²) in [6.07, 6.45) is 4.83. The Morgan fingerprint density at radius 2 is 1.82 bits per heavy atom. The maximum absolute atomic E-state index is 14.6. The van der Waals surface area contributed by atoms with E-state index >= 15 is 0 Å². The van der Waals surface area contributed by atoms with Gasteiger partial charge in [0, 0.05) is 60.8 Å². The highest BCUT2D eigenvalue weighted by molar-refractivity contribution is 6.07. The van der Waals surface area contributed by atoms with Gasteiger partial charge in [0.15, 0.2) is 11.4 Å². The fourth-order valence-electron chi connectivity index (χ4n) is 8.66. The van der Waals surface area contributed by atoms with Gasteiger partial charge in [0.1, 0.15) is 29.8 Å². The van der Waals surface area contributed by atoms with Crippen LogP contribution in [-0.4, -0.2) is 76.4 Å². The van der Waals surface area contributed by atoms with E-state index in [4.69, 9.17) is 5.10 Å². The van der Waals surface area contributed by atoms with Crippen molar-refractivity contribution in [1.29, 1.82) is 0 Å². The summed E-state index contributed by atoms with van der Waals surface area (Å²) in [6, 6.07) is 6.28. The van der Waals surface area contributed by atoms with E-state index in [1.165, 1.54) is 24.8 Å². The number of nitrogens with one attached hydrogen (secondary N) is 2. The van der Waals surface area contributed by atoms with Crippen molar-refractivity contribution in [3.63, 3.8) is 0 Å². The summed E-state index contributed by atoms with van der Waals surface area (Å²) in [4.78, 5) is 64.5. The van der Waals surface area contributed by atoms with Gasteiger partial charge in [-0.25, -0.2) is 14.5 Å². The Bertz CT molecular complexity index is 2390. The van der Waals surface area contributed by atoms with Crippen LogP contribution in [0, 0.1) is 18.3 Å². The molecule has 4 atom stereocenters. The van der Waals surface area contributed by atoms with Gasteiger partial charge in [0.05, 0.1) is 11.7 Å². The first-order valence-corrected chi connectivity index (χ1v) is 18.5. The predicted molar refractivity (Wildman–Crippen MR) is 195 cm³/mol. The topological polar surface area (TPSA) is 156 Å². The molecule has 16 heteroatoms. The molecule has 2 fully saturated rings. The van der Waals surface area contributed by atoms with Crippen molar-refractivity contribution in [3.8, 4) is 11.1 Å². The quantitative estimate of drug-likeness (QED) is 0.227. The molecule has 0 radical (unpaired) electrons. The smallest absolute Gasteiger partial charge is 0.355 e. The van der Waals surface area contributed by atoms with Crippen LogP contribution in [0.4, 0.5) is 19.0 Å². The number of pyridine rings is 1. The molecule has 3 amide bonds. The summed E-state index contributed by atoms with van der Waals surface area (Å²) in [5, 5.41) is 15.2. The zero-order valence-electron chi connectivity index (χ0n) is 30.6. The lowest BCUT2D eigenvalue weighted by atomic mass is 9.95. The van der Waals surface area contributed by atoms with E-state index in [-0.39, 0.29) is 48.6 Å². The molecule has 55 heavy (non-hydrogen) atoms. The first kappa shape index (κ1) is 36.3. The third kappa shape index (κ3) is 6.50. The zero-order valence-corrected chi connectivity index (χ0v) is 30.6. The second kappa shape index (κ2) is 13.6. The molecule has 2 N–H and O–H groups in total. The number of amides is 3. The van der Waals surface area contributed by atoms with Crippen LogP contribution >= 0.6 is 0 Å². The number of ketones is 1. The summed E-state index contributed by atoms with van der Waals surface area (Å²) in [7, 11) is 0. The maximum atomic E-state index is 14.6. The number of benzene rings is 1. The number of rotatable bonds is 4. The van der Waals surface area contributed by atoms with E-state index in [2.05, 4.69) is 25.7 Å². The highest BCUT2D eigenvalue weighted by atomic mass is 19.4. The van der Waals surface area contributed by atoms with Gasteiger partial charge in [-0.05, 0) is 73.4 Å². The van der Waals surface area contributed by atoms with E-state index in [0.717, 1.165) is 42.0 Å². The van der Waals surface area contributed by atoms with Crippen molar-refractivity contribution in [3.05, 3.63) is 71.4 Å². The highest BCUT2D eigenvalue weighted by Gasteiger charge is 2.72. The number of aryl methyl sites for hydroxylation is 2. The molecule has 1 aromatic carbocycles. The Morgan fingerprint density at radius 3 is 2.58 bits per heavy atom. The number of hydrogen-bond acceptors (Lipinski definition) is 8. The lowest BCUT2D eigenvalue weighted by Crippen LogP contribution is -2.47. The number of carbonyl (C=O) groups excluding carboxylic acids is 4. The molecule has 4 aromatic heterocycles. The van der Waals surface area contributed by atoms with Crippen molar-refractivity contribution in [2.75, 3.05) is 11.9 Å². The second-order valence-corrected chi connectivity index (χ2v) is 15.1. The predicted octanol–water partition coefficient (Wildman–Crippen LogP) is 5.54. The molecule has 2 bridgehead atoms. The van der Waals surface area contributed by atoms with Crippen LogP contribution in [-0.2, 0) is 33.5 Å². The molecule has 13 nitrogen and oxygen atoms in total. The molecular weight excluding hydrogens is 715 g/mol. The standard InChI is InChI=1S/C39H40F3N9O4/c1-21-10-11-29(39(40,41)42)46-36(21)47-37(55)28-16-38-20-44-31(53)9-7-5-4-6-8-24-14-25(26-17-43-30-12-13-45-49(30)18-26)15-27-33(23(3)52)48-50(34(24)27)19-32(54)51(28)35(38)22(38)2/h10-15,17-18,22,28,35H,4-9,16,19-20H2,1-3H3,(H,44,53)(H,46,47,55)/t22-,28-,35+,38+/m0/s1.